The van der Waals surface area contributed by atoms with Gasteiger partial charge in [0.1, 0.15) is 0 Å². The average Bonchev–Trinajstić information content (AvgIpc) is 2.02. The fraction of sp³-hybridized carbons (Fsp3) is 0.750. The van der Waals surface area contributed by atoms with Crippen LogP contribution in [0.25, 0.3) is 5.53 Å². The lowest BCUT2D eigenvalue weighted by atomic mass is 9.95. The Kier molecular flexibility index (Phi) is 4.95. The molecule has 0 aromatic rings. The molecule has 7 heteroatoms. The van der Waals surface area contributed by atoms with E-state index < -0.39 is 11.1 Å². The summed E-state index contributed by atoms with van der Waals surface area (Å²) in [5.41, 5.74) is 18.4. The third-order valence-corrected chi connectivity index (χ3v) is 2.38. The first-order chi connectivity index (χ1) is 6.04. The summed E-state index contributed by atoms with van der Waals surface area (Å²) < 4.78 is 0.824. The Labute approximate surface area is 95.9 Å². The molecule has 0 atom stereocenters. The first-order valence-corrected chi connectivity index (χ1v) is 4.22. The minimum Gasteiger partial charge on any atom is -0.505 e. The van der Waals surface area contributed by atoms with Gasteiger partial charge in [0, 0.05) is 27.7 Å². The fourth-order valence-corrected chi connectivity index (χ4v) is 0.927. The number of hydrogen-bond acceptors (Lipinski definition) is 2. The van der Waals surface area contributed by atoms with E-state index >= 15 is 0 Å². The minimum atomic E-state index is -1.05. The van der Waals surface area contributed by atoms with Crippen LogP contribution in [0.5, 0.6) is 0 Å². The van der Waals surface area contributed by atoms with Crippen LogP contribution < -0.4 is 11.5 Å². The second kappa shape index (κ2) is 4.57. The lowest BCUT2D eigenvalue weighted by Gasteiger charge is -2.34. The molecule has 6 nitrogen and oxygen atoms in total. The molecule has 0 radical (unpaired) electrons. The summed E-state index contributed by atoms with van der Waals surface area (Å²) in [4.78, 5) is 0. The summed E-state index contributed by atoms with van der Waals surface area (Å²) >= 11 is 0. The van der Waals surface area contributed by atoms with Gasteiger partial charge in [-0.1, -0.05) is 0 Å². The van der Waals surface area contributed by atoms with E-state index in [-0.39, 0.29) is 24.1 Å². The molecule has 88 valence electrons. The number of nitrogens with one attached hydrogen (secondary N) is 2. The molecule has 0 saturated carbocycles. The molecule has 0 aliphatic rings. The van der Waals surface area contributed by atoms with Crippen LogP contribution in [-0.2, 0) is 0 Å². The monoisotopic (exact) mass is 234 g/mol. The highest BCUT2D eigenvalue weighted by atomic mass is 35.5. The summed E-state index contributed by atoms with van der Waals surface area (Å²) in [6.07, 6.45) is 0. The van der Waals surface area contributed by atoms with Crippen LogP contribution in [0, 0.1) is 10.8 Å². The van der Waals surface area contributed by atoms with Gasteiger partial charge in [0.25, 0.3) is 0 Å². The van der Waals surface area contributed by atoms with Gasteiger partial charge in [-0.2, -0.15) is 0 Å². The maximum Gasteiger partial charge on any atom is 0.202 e. The maximum absolute atomic E-state index is 9.84. The zero-order valence-electron chi connectivity index (χ0n) is 9.46. The van der Waals surface area contributed by atoms with Crippen molar-refractivity contribution in [3.63, 3.8) is 0 Å². The maximum atomic E-state index is 9.84. The number of amidine groups is 2. The van der Waals surface area contributed by atoms with Gasteiger partial charge >= 0.3 is 0 Å². The van der Waals surface area contributed by atoms with Crippen molar-refractivity contribution in [1.29, 1.82) is 10.8 Å². The quantitative estimate of drug-likeness (QED) is 0.249. The van der Waals surface area contributed by atoms with E-state index in [1.165, 1.54) is 0 Å². The Bertz CT molecular complexity index is 266. The van der Waals surface area contributed by atoms with Gasteiger partial charge in [0.15, 0.2) is 11.7 Å². The first kappa shape index (κ1) is 16.3. The predicted octanol–water partition coefficient (Wildman–Crippen LogP) is 0.871. The second-order valence-corrected chi connectivity index (χ2v) is 4.26. The van der Waals surface area contributed by atoms with Gasteiger partial charge in [-0.05, 0) is 0 Å². The third-order valence-electron chi connectivity index (χ3n) is 2.38. The molecule has 0 rings (SSSR count). The minimum absolute atomic E-state index is 0. The van der Waals surface area contributed by atoms with Gasteiger partial charge in [-0.25, -0.2) is 0 Å². The third kappa shape index (κ3) is 2.89. The molecule has 15 heavy (non-hydrogen) atoms. The molecule has 0 heterocycles. The first-order valence-electron chi connectivity index (χ1n) is 4.22. The molecule has 0 unspecified atom stereocenters. The predicted molar refractivity (Wildman–Crippen MR) is 62.9 cm³/mol. The van der Waals surface area contributed by atoms with Crippen molar-refractivity contribution in [2.45, 2.75) is 38.8 Å². The molecule has 0 aromatic heterocycles. The Morgan fingerprint density at radius 1 is 1.00 bits per heavy atom. The molecule has 0 amide bonds. The van der Waals surface area contributed by atoms with E-state index in [0.717, 1.165) is 4.70 Å². The highest BCUT2D eigenvalue weighted by Gasteiger charge is 2.42. The molecule has 0 aliphatic heterocycles. The summed E-state index contributed by atoms with van der Waals surface area (Å²) in [5.74, 6) is -0.372. The lowest BCUT2D eigenvalue weighted by Crippen LogP contribution is -2.58. The Morgan fingerprint density at radius 3 is 1.33 bits per heavy atom. The van der Waals surface area contributed by atoms with Gasteiger partial charge in [0.05, 0.1) is 0 Å². The van der Waals surface area contributed by atoms with Crippen LogP contribution in [0.3, 0.4) is 0 Å². The largest absolute Gasteiger partial charge is 0.505 e. The van der Waals surface area contributed by atoms with Gasteiger partial charge in [-0.3, -0.25) is 10.8 Å². The van der Waals surface area contributed by atoms with Crippen molar-refractivity contribution in [2.24, 2.45) is 11.5 Å². The summed E-state index contributed by atoms with van der Waals surface area (Å²) in [6.45, 7) is 6.33. The van der Waals surface area contributed by atoms with Crippen LogP contribution in [-0.4, -0.2) is 27.4 Å². The molecular formula is C8H19ClN6. The van der Waals surface area contributed by atoms with Crippen molar-refractivity contribution in [1.82, 2.24) is 0 Å². The molecule has 0 aromatic carbocycles. The van der Waals surface area contributed by atoms with E-state index in [0.29, 0.717) is 0 Å². The van der Waals surface area contributed by atoms with Crippen molar-refractivity contribution in [2.75, 3.05) is 0 Å². The van der Waals surface area contributed by atoms with Crippen molar-refractivity contribution < 1.29 is 4.70 Å². The van der Waals surface area contributed by atoms with Gasteiger partial charge in [0.2, 0.25) is 11.1 Å². The van der Waals surface area contributed by atoms with E-state index in [1.807, 2.05) is 0 Å². The van der Waals surface area contributed by atoms with E-state index in [2.05, 4.69) is 0 Å². The molecule has 0 fully saturated rings. The van der Waals surface area contributed by atoms with Crippen molar-refractivity contribution >= 4 is 24.1 Å². The highest BCUT2D eigenvalue weighted by Crippen LogP contribution is 2.19. The Hall–Kier alpha value is -1.17. The van der Waals surface area contributed by atoms with Crippen molar-refractivity contribution in [3.05, 3.63) is 5.53 Å². The second-order valence-electron chi connectivity index (χ2n) is 4.26. The average molecular weight is 235 g/mol. The van der Waals surface area contributed by atoms with Crippen LogP contribution >= 0.6 is 12.4 Å². The zero-order valence-corrected chi connectivity index (χ0v) is 10.3. The Balaban J connectivity index is 0. The van der Waals surface area contributed by atoms with E-state index in [4.69, 9.17) is 22.3 Å². The van der Waals surface area contributed by atoms with Crippen LogP contribution in [0.1, 0.15) is 27.7 Å². The van der Waals surface area contributed by atoms with Crippen LogP contribution in [0.4, 0.5) is 0 Å². The Morgan fingerprint density at radius 2 is 1.20 bits per heavy atom. The van der Waals surface area contributed by atoms with Gasteiger partial charge in [-0.15, -0.1) is 12.4 Å². The fourth-order valence-electron chi connectivity index (χ4n) is 0.927. The smallest absolute Gasteiger partial charge is 0.202 e. The van der Waals surface area contributed by atoms with E-state index in [9.17, 15) is 5.53 Å². The normalized spacial score (nSPS) is 11.5. The molecule has 0 bridgehead atoms. The standard InChI is InChI=1S/C8H18N6.ClH/c1-7(2,5(9)10)14(13)8(3,4)6(11)12;/h1-4H3,(H3,9,10)(H3,11,12);1H. The van der Waals surface area contributed by atoms with Crippen LogP contribution in [0.15, 0.2) is 0 Å². The molecule has 6 N–H and O–H groups in total. The highest BCUT2D eigenvalue weighted by molar-refractivity contribution is 5.87. The van der Waals surface area contributed by atoms with Gasteiger partial charge < -0.3 is 21.7 Å². The molecule has 0 saturated heterocycles. The molecule has 0 aliphatic carbocycles. The van der Waals surface area contributed by atoms with Crippen LogP contribution in [0.2, 0.25) is 0 Å². The van der Waals surface area contributed by atoms with E-state index in [1.54, 1.807) is 27.7 Å². The van der Waals surface area contributed by atoms with Crippen molar-refractivity contribution in [3.8, 4) is 0 Å². The lowest BCUT2D eigenvalue weighted by molar-refractivity contribution is -0.648. The summed E-state index contributed by atoms with van der Waals surface area (Å²) in [5, 5.41) is 14.6. The molecule has 0 spiro atoms. The zero-order chi connectivity index (χ0) is 11.7. The topological polar surface area (TPSA) is 125 Å². The number of halogens is 1. The summed E-state index contributed by atoms with van der Waals surface area (Å²) in [6, 6.07) is 0. The molecular weight excluding hydrogens is 216 g/mol. The number of hydrogen-bond donors (Lipinski definition) is 4. The number of rotatable bonds is 4. The number of nitrogens with zero attached hydrogens (tertiary/aromatic N) is 2. The number of nitrogens with two attached hydrogens (primary N) is 2. The SMILES string of the molecule is CC(C)(C(=N)N)[N+](=[N-])C(C)(C)C(=N)N.Cl. The summed E-state index contributed by atoms with van der Waals surface area (Å²) in [7, 11) is 0.